The van der Waals surface area contributed by atoms with Crippen LogP contribution in [0.2, 0.25) is 0 Å². The second kappa shape index (κ2) is 8.78. The Morgan fingerprint density at radius 1 is 1.03 bits per heavy atom. The number of aromatic nitrogens is 2. The number of amides is 1. The van der Waals surface area contributed by atoms with Crippen LogP contribution in [-0.2, 0) is 11.3 Å². The van der Waals surface area contributed by atoms with Crippen LogP contribution in [0.3, 0.4) is 0 Å². The molecular formula is C22H30N6O. The van der Waals surface area contributed by atoms with Crippen molar-refractivity contribution in [2.24, 2.45) is 0 Å². The molecule has 2 aromatic rings. The SMILES string of the molecule is CC1CN(Cc2ccccc2)CCCN1c1cc(N2CCN(C)C(=O)C2)ncn1. The van der Waals surface area contributed by atoms with Gasteiger partial charge in [-0.2, -0.15) is 0 Å². The second-order valence-corrected chi connectivity index (χ2v) is 8.09. The normalized spacial score (nSPS) is 21.4. The van der Waals surface area contributed by atoms with Crippen LogP contribution in [0.25, 0.3) is 0 Å². The molecule has 4 rings (SSSR count). The number of nitrogens with zero attached hydrogens (tertiary/aromatic N) is 6. The van der Waals surface area contributed by atoms with Crippen molar-refractivity contribution in [2.45, 2.75) is 25.9 Å². The number of hydrogen-bond acceptors (Lipinski definition) is 6. The second-order valence-electron chi connectivity index (χ2n) is 8.09. The van der Waals surface area contributed by atoms with Gasteiger partial charge in [0, 0.05) is 58.4 Å². The van der Waals surface area contributed by atoms with Crippen molar-refractivity contribution in [3.63, 3.8) is 0 Å². The van der Waals surface area contributed by atoms with E-state index >= 15 is 0 Å². The van der Waals surface area contributed by atoms with E-state index in [1.165, 1.54) is 5.56 Å². The van der Waals surface area contributed by atoms with Gasteiger partial charge in [-0.1, -0.05) is 30.3 Å². The van der Waals surface area contributed by atoms with Gasteiger partial charge >= 0.3 is 0 Å². The van der Waals surface area contributed by atoms with Crippen molar-refractivity contribution in [1.82, 2.24) is 19.8 Å². The van der Waals surface area contributed by atoms with E-state index < -0.39 is 0 Å². The molecule has 3 heterocycles. The minimum atomic E-state index is 0.135. The van der Waals surface area contributed by atoms with E-state index in [-0.39, 0.29) is 5.91 Å². The molecule has 1 aromatic carbocycles. The Bertz CT molecular complexity index is 829. The average Bonchev–Trinajstić information content (AvgIpc) is 2.92. The first-order valence-corrected chi connectivity index (χ1v) is 10.4. The van der Waals surface area contributed by atoms with E-state index in [1.807, 2.05) is 13.1 Å². The van der Waals surface area contributed by atoms with Gasteiger partial charge in [0.05, 0.1) is 6.54 Å². The van der Waals surface area contributed by atoms with E-state index in [0.29, 0.717) is 12.6 Å². The zero-order chi connectivity index (χ0) is 20.2. The Morgan fingerprint density at radius 3 is 2.62 bits per heavy atom. The lowest BCUT2D eigenvalue weighted by Crippen LogP contribution is -2.49. The van der Waals surface area contributed by atoms with Crippen molar-refractivity contribution in [3.8, 4) is 0 Å². The fraction of sp³-hybridized carbons (Fsp3) is 0.500. The largest absolute Gasteiger partial charge is 0.352 e. The van der Waals surface area contributed by atoms with Gasteiger partial charge in [-0.15, -0.1) is 0 Å². The number of carbonyl (C=O) groups is 1. The monoisotopic (exact) mass is 394 g/mol. The molecule has 7 nitrogen and oxygen atoms in total. The molecule has 0 radical (unpaired) electrons. The summed E-state index contributed by atoms with van der Waals surface area (Å²) in [6.07, 6.45) is 2.73. The summed E-state index contributed by atoms with van der Waals surface area (Å²) in [6, 6.07) is 13.1. The Kier molecular flexibility index (Phi) is 5.94. The first-order valence-electron chi connectivity index (χ1n) is 10.4. The molecule has 2 saturated heterocycles. The van der Waals surface area contributed by atoms with E-state index in [0.717, 1.165) is 57.3 Å². The Balaban J connectivity index is 1.45. The number of carbonyl (C=O) groups excluding carboxylic acids is 1. The predicted octanol–water partition coefficient (Wildman–Crippen LogP) is 1.86. The number of piperazine rings is 1. The van der Waals surface area contributed by atoms with Crippen molar-refractivity contribution < 1.29 is 4.79 Å². The number of likely N-dealkylation sites (N-methyl/N-ethyl adjacent to an activating group) is 1. The molecule has 2 aliphatic heterocycles. The molecule has 29 heavy (non-hydrogen) atoms. The minimum absolute atomic E-state index is 0.135. The smallest absolute Gasteiger partial charge is 0.241 e. The van der Waals surface area contributed by atoms with Gasteiger partial charge in [-0.3, -0.25) is 9.69 Å². The predicted molar refractivity (Wildman–Crippen MR) is 115 cm³/mol. The Labute approximate surface area is 172 Å². The lowest BCUT2D eigenvalue weighted by atomic mass is 10.2. The third-order valence-electron chi connectivity index (χ3n) is 5.89. The fourth-order valence-corrected chi connectivity index (χ4v) is 4.20. The molecule has 0 N–H and O–H groups in total. The van der Waals surface area contributed by atoms with Crippen LogP contribution in [-0.4, -0.2) is 78.0 Å². The van der Waals surface area contributed by atoms with E-state index in [4.69, 9.17) is 0 Å². The molecule has 7 heteroatoms. The standard InChI is InChI=1S/C22H30N6O/c1-18-14-26(15-19-7-4-3-5-8-19)9-6-10-28(18)21-13-20(23-17-24-21)27-12-11-25(2)22(29)16-27/h3-5,7-8,13,17-18H,6,9-12,14-16H2,1-2H3. The Hall–Kier alpha value is -2.67. The van der Waals surface area contributed by atoms with Crippen LogP contribution in [0.5, 0.6) is 0 Å². The summed E-state index contributed by atoms with van der Waals surface area (Å²) in [5.41, 5.74) is 1.36. The summed E-state index contributed by atoms with van der Waals surface area (Å²) in [7, 11) is 1.85. The van der Waals surface area contributed by atoms with E-state index in [1.54, 1.807) is 11.2 Å². The molecule has 1 atom stereocenters. The molecule has 1 unspecified atom stereocenters. The molecule has 0 spiro atoms. The fourth-order valence-electron chi connectivity index (χ4n) is 4.20. The van der Waals surface area contributed by atoms with Crippen LogP contribution >= 0.6 is 0 Å². The van der Waals surface area contributed by atoms with Crippen LogP contribution in [0.1, 0.15) is 18.9 Å². The first kappa shape index (κ1) is 19.6. The molecule has 0 bridgehead atoms. The van der Waals surface area contributed by atoms with Gasteiger partial charge in [0.15, 0.2) is 0 Å². The maximum absolute atomic E-state index is 12.1. The lowest BCUT2D eigenvalue weighted by Gasteiger charge is -2.34. The topological polar surface area (TPSA) is 55.8 Å². The van der Waals surface area contributed by atoms with Crippen molar-refractivity contribution in [1.29, 1.82) is 0 Å². The van der Waals surface area contributed by atoms with Gasteiger partial charge in [0.2, 0.25) is 5.91 Å². The van der Waals surface area contributed by atoms with Crippen molar-refractivity contribution in [3.05, 3.63) is 48.3 Å². The maximum Gasteiger partial charge on any atom is 0.241 e. The number of rotatable bonds is 4. The zero-order valence-electron chi connectivity index (χ0n) is 17.4. The molecule has 2 fully saturated rings. The molecule has 0 saturated carbocycles. The van der Waals surface area contributed by atoms with Gasteiger partial charge in [-0.05, 0) is 18.9 Å². The molecule has 154 valence electrons. The van der Waals surface area contributed by atoms with E-state index in [9.17, 15) is 4.79 Å². The minimum Gasteiger partial charge on any atom is -0.352 e. The van der Waals surface area contributed by atoms with E-state index in [2.05, 4.69) is 61.9 Å². The summed E-state index contributed by atoms with van der Waals surface area (Å²) in [5.74, 6) is 1.93. The van der Waals surface area contributed by atoms with Crippen molar-refractivity contribution in [2.75, 3.05) is 56.1 Å². The average molecular weight is 395 g/mol. The van der Waals surface area contributed by atoms with Crippen molar-refractivity contribution >= 4 is 17.5 Å². The Morgan fingerprint density at radius 2 is 1.83 bits per heavy atom. The van der Waals surface area contributed by atoms with Crippen LogP contribution in [0.15, 0.2) is 42.7 Å². The molecule has 2 aliphatic rings. The summed E-state index contributed by atoms with van der Waals surface area (Å²) in [6.45, 7) is 8.23. The van der Waals surface area contributed by atoms with Gasteiger partial charge in [0.1, 0.15) is 18.0 Å². The molecular weight excluding hydrogens is 364 g/mol. The quantitative estimate of drug-likeness (QED) is 0.789. The number of hydrogen-bond donors (Lipinski definition) is 0. The van der Waals surface area contributed by atoms with Crippen LogP contribution in [0.4, 0.5) is 11.6 Å². The summed E-state index contributed by atoms with van der Waals surface area (Å²) >= 11 is 0. The lowest BCUT2D eigenvalue weighted by molar-refractivity contribution is -0.129. The zero-order valence-corrected chi connectivity index (χ0v) is 17.4. The highest BCUT2D eigenvalue weighted by atomic mass is 16.2. The third kappa shape index (κ3) is 4.67. The van der Waals surface area contributed by atoms with Gasteiger partial charge < -0.3 is 14.7 Å². The number of anilines is 2. The first-order chi connectivity index (χ1) is 14.1. The van der Waals surface area contributed by atoms with Crippen LogP contribution in [0, 0.1) is 0 Å². The summed E-state index contributed by atoms with van der Waals surface area (Å²) < 4.78 is 0. The number of benzene rings is 1. The van der Waals surface area contributed by atoms with Gasteiger partial charge in [-0.25, -0.2) is 9.97 Å². The highest BCUT2D eigenvalue weighted by molar-refractivity contribution is 5.82. The summed E-state index contributed by atoms with van der Waals surface area (Å²) in [4.78, 5) is 29.8. The highest BCUT2D eigenvalue weighted by Crippen LogP contribution is 2.23. The molecule has 0 aliphatic carbocycles. The summed E-state index contributed by atoms with van der Waals surface area (Å²) in [5, 5.41) is 0. The highest BCUT2D eigenvalue weighted by Gasteiger charge is 2.25. The third-order valence-corrected chi connectivity index (χ3v) is 5.89. The van der Waals surface area contributed by atoms with Crippen LogP contribution < -0.4 is 9.80 Å². The molecule has 1 aromatic heterocycles. The van der Waals surface area contributed by atoms with Gasteiger partial charge in [0.25, 0.3) is 0 Å². The maximum atomic E-state index is 12.1. The molecule has 1 amide bonds.